The maximum absolute atomic E-state index is 13.6. The Kier molecular flexibility index (Phi) is 47.9. The van der Waals surface area contributed by atoms with Gasteiger partial charge in [0.25, 0.3) is 0 Å². The van der Waals surface area contributed by atoms with Crippen LogP contribution < -0.4 is 82.6 Å². The van der Waals surface area contributed by atoms with Crippen molar-refractivity contribution in [1.29, 1.82) is 0 Å². The summed E-state index contributed by atoms with van der Waals surface area (Å²) in [6.07, 6.45) is -1.31. The summed E-state index contributed by atoms with van der Waals surface area (Å²) in [6, 6.07) is 156. The molecule has 2 heterocycles. The Labute approximate surface area is 894 Å². The number of carbonyl (C=O) groups excluding carboxylic acids is 1. The van der Waals surface area contributed by atoms with Crippen molar-refractivity contribution < 1.29 is 75.2 Å². The smallest absolute Gasteiger partial charge is 0.437 e. The van der Waals surface area contributed by atoms with Crippen LogP contribution in [0.5, 0.6) is 23.0 Å². The van der Waals surface area contributed by atoms with Crippen LogP contribution in [-0.2, 0) is 50.7 Å². The van der Waals surface area contributed by atoms with Crippen LogP contribution in [0.15, 0.2) is 476 Å². The molecule has 0 unspecified atom stereocenters. The van der Waals surface area contributed by atoms with Gasteiger partial charge in [0.2, 0.25) is 0 Å². The van der Waals surface area contributed by atoms with Crippen LogP contribution >= 0.6 is 47.6 Å². The predicted molar refractivity (Wildman–Crippen MR) is 612 cm³/mol. The molecule has 18 aromatic rings. The molecule has 21 heteroatoms. The van der Waals surface area contributed by atoms with Crippen molar-refractivity contribution in [2.24, 2.45) is 0 Å². The first-order valence-corrected chi connectivity index (χ1v) is 62.6. The minimum Gasteiger partial charge on any atom is -0.497 e. The van der Waals surface area contributed by atoms with Gasteiger partial charge < -0.3 is 18.9 Å². The van der Waals surface area contributed by atoms with Gasteiger partial charge in [0.15, 0.2) is 28.7 Å². The SMILES string of the molecule is C=[C](OCC)[Sn]([CH2]CCC)([CH2]CCC)[CH2]CCC.COc1ccc2nc(C(F)(F)F)c(OCc3ccccc3)c(Br)c2c1.COc1ccc2nc(C(F)(F)F)c(OCc3ccccc3)c(C(C)=O)c2c1.[Pd].c1ccc(P(c2ccccc2)c2ccccc2)cc1.c1ccc(P(c2ccccc2)c2ccccc2)cc1.c1ccc(P(c2ccccc2)c2ccccc2)cc1.c1ccc(P(c2ccccc2)c2ccccc2)cc1. The third-order valence-corrected chi connectivity index (χ3v) is 49.3. The van der Waals surface area contributed by atoms with Crippen molar-refractivity contribution in [3.05, 3.63) is 504 Å². The number of halogens is 7. The molecule has 0 aliphatic heterocycles. The molecule has 0 spiro atoms. The number of ketones is 1. The van der Waals surface area contributed by atoms with Crippen molar-refractivity contribution >= 4 is 157 Å². The second kappa shape index (κ2) is 61.1. The standard InChI is InChI=1S/C20H16F3NO3.C18H13BrF3NO2.4C18H15P.C4H7O.3C4H9.Pd.Sn/c1-12(25)17-15-10-14(26-2)8-9-16(15)24-19(20(21,22)23)18(17)27-11-13-6-4-3-5-7-13;1-24-12-7-8-14-13(9-12)15(19)16(17(23-14)18(20,21)22)25-10-11-5-3-2-4-6-11;4*1-4-10-16(11-5-1)19(17-12-6-2-7-13-17)18-14-8-3-9-15-18;1-3-5-4-2;3*1-3-4-2;;/h3-10H,11H2,1-2H3;2-9H,10H2,1H3;4*1-15H;1,4H2,2H3;3*1,3-4H2,2H3;;. The molecule has 8 nitrogen and oxygen atoms in total. The number of ether oxygens (including phenoxy) is 5. The molecular weight excluding hydrogens is 2180 g/mol. The Hall–Kier alpha value is -12.0. The van der Waals surface area contributed by atoms with E-state index in [2.05, 4.69) is 424 Å². The van der Waals surface area contributed by atoms with Gasteiger partial charge in [-0.25, -0.2) is 9.97 Å². The fraction of sp³-hybridized carbons (Fsp3) is 0.167. The Morgan fingerprint density at radius 3 is 0.762 bits per heavy atom. The number of fused-ring (bicyclic) bond motifs is 2. The summed E-state index contributed by atoms with van der Waals surface area (Å²) in [4.78, 5) is 19.7. The number of carbonyl (C=O) groups is 1. The number of hydrogen-bond donors (Lipinski definition) is 0. The summed E-state index contributed by atoms with van der Waals surface area (Å²) in [5.74, 6) is -0.537. The summed E-state index contributed by atoms with van der Waals surface area (Å²) < 4.78 is 114. The van der Waals surface area contributed by atoms with Gasteiger partial charge in [-0.2, -0.15) is 26.3 Å². The van der Waals surface area contributed by atoms with Crippen LogP contribution in [-0.4, -0.2) is 55.0 Å². The maximum Gasteiger partial charge on any atom is 0.437 e. The molecule has 18 rings (SSSR count). The van der Waals surface area contributed by atoms with Crippen LogP contribution in [0, 0.1) is 0 Å². The zero-order chi connectivity index (χ0) is 103. The predicted octanol–water partition coefficient (Wildman–Crippen LogP) is 30.3. The fourth-order valence-corrected chi connectivity index (χ4v) is 41.0. The minimum absolute atomic E-state index is 0. The summed E-state index contributed by atoms with van der Waals surface area (Å²) in [7, 11) is 1.13. The first-order valence-electron chi connectivity index (χ1n) is 49.0. The van der Waals surface area contributed by atoms with E-state index in [0.29, 0.717) is 22.4 Å². The maximum atomic E-state index is 13.6. The summed E-state index contributed by atoms with van der Waals surface area (Å²) in [5.41, 5.74) is -0.775. The van der Waals surface area contributed by atoms with Crippen LogP contribution in [0.25, 0.3) is 21.8 Å². The minimum atomic E-state index is -4.77. The van der Waals surface area contributed by atoms with Gasteiger partial charge in [-0.1, -0.05) is 425 Å². The molecule has 147 heavy (non-hydrogen) atoms. The average molecular weight is 2300 g/mol. The van der Waals surface area contributed by atoms with Crippen molar-refractivity contribution in [2.75, 3.05) is 20.8 Å². The van der Waals surface area contributed by atoms with E-state index in [9.17, 15) is 31.1 Å². The van der Waals surface area contributed by atoms with Gasteiger partial charge in [-0.3, -0.25) is 4.79 Å². The van der Waals surface area contributed by atoms with E-state index >= 15 is 0 Å². The van der Waals surface area contributed by atoms with E-state index in [-0.39, 0.29) is 65.8 Å². The number of aromatic nitrogens is 2. The third kappa shape index (κ3) is 34.5. The van der Waals surface area contributed by atoms with Gasteiger partial charge in [-0.15, -0.1) is 0 Å². The van der Waals surface area contributed by atoms with Crippen LogP contribution in [0.2, 0.25) is 13.3 Å². The molecule has 16 aromatic carbocycles. The Balaban J connectivity index is 0.000000164. The van der Waals surface area contributed by atoms with Crippen molar-refractivity contribution in [3.8, 4) is 23.0 Å². The van der Waals surface area contributed by atoms with Crippen LogP contribution in [0.4, 0.5) is 26.3 Å². The molecule has 0 amide bonds. The first-order chi connectivity index (χ1) is 71.2. The van der Waals surface area contributed by atoms with Gasteiger partial charge in [0.1, 0.15) is 24.7 Å². The monoisotopic (exact) mass is 2300 g/mol. The molecule has 0 saturated carbocycles. The van der Waals surface area contributed by atoms with Gasteiger partial charge in [0, 0.05) is 31.2 Å². The molecule has 0 atom stereocenters. The zero-order valence-electron chi connectivity index (χ0n) is 83.7. The van der Waals surface area contributed by atoms with E-state index in [0.717, 1.165) is 12.2 Å². The molecule has 2 aromatic heterocycles. The van der Waals surface area contributed by atoms with Crippen molar-refractivity contribution in [3.63, 3.8) is 0 Å². The number of nitrogens with zero attached hydrogens (tertiary/aromatic N) is 2. The Morgan fingerprint density at radius 2 is 0.544 bits per heavy atom. The molecule has 0 saturated heterocycles. The molecule has 0 fully saturated rings. The number of benzene rings is 16. The number of hydrogen-bond acceptors (Lipinski definition) is 8. The largest absolute Gasteiger partial charge is 0.497 e. The Bertz CT molecular complexity index is 6020. The molecule has 756 valence electrons. The molecule has 0 N–H and O–H groups in total. The van der Waals surface area contributed by atoms with E-state index < -0.39 is 85.3 Å². The van der Waals surface area contributed by atoms with Gasteiger partial charge >= 0.3 is 132 Å². The van der Waals surface area contributed by atoms with Gasteiger partial charge in [0.05, 0.1) is 35.3 Å². The third-order valence-electron chi connectivity index (χ3n) is 23.7. The van der Waals surface area contributed by atoms with E-state index in [4.69, 9.17) is 23.7 Å². The number of alkyl halides is 6. The number of rotatable bonds is 33. The fourth-order valence-electron chi connectivity index (χ4n) is 16.5. The van der Waals surface area contributed by atoms with E-state index in [1.54, 1.807) is 66.7 Å². The zero-order valence-corrected chi connectivity index (χ0v) is 93.2. The molecular formula is C126H123BrF6N2O6P4PdSn. The van der Waals surface area contributed by atoms with E-state index in [1.165, 1.54) is 165 Å². The second-order valence-electron chi connectivity index (χ2n) is 33.9. The molecule has 0 bridgehead atoms. The number of unbranched alkanes of at least 4 members (excludes halogenated alkanes) is 3. The van der Waals surface area contributed by atoms with Crippen LogP contribution in [0.1, 0.15) is 106 Å². The molecule has 0 radical (unpaired) electrons. The van der Waals surface area contributed by atoms with Gasteiger partial charge in [-0.05, 0) is 166 Å². The molecule has 0 aliphatic rings. The van der Waals surface area contributed by atoms with Crippen molar-refractivity contribution in [1.82, 2.24) is 9.97 Å². The topological polar surface area (TPSA) is 89.0 Å². The number of Topliss-reactive ketones (excluding diaryl/α,β-unsaturated/α-hetero) is 1. The quantitative estimate of drug-likeness (QED) is 0.0132. The van der Waals surface area contributed by atoms with E-state index in [1.807, 2.05) is 6.07 Å². The Morgan fingerprint density at radius 1 is 0.327 bits per heavy atom. The average Bonchev–Trinajstić information content (AvgIpc) is 0.760. The summed E-state index contributed by atoms with van der Waals surface area (Å²) in [6.45, 7) is 15.2. The summed E-state index contributed by atoms with van der Waals surface area (Å²) >= 11 is 0.999. The normalized spacial score (nSPS) is 11.0. The number of methoxy groups -OCH3 is 2. The second-order valence-corrected chi connectivity index (χ2v) is 56.8. The van der Waals surface area contributed by atoms with Crippen molar-refractivity contribution in [2.45, 2.75) is 112 Å². The number of pyridine rings is 2. The summed E-state index contributed by atoms with van der Waals surface area (Å²) in [5, 5.41) is 17.5. The van der Waals surface area contributed by atoms with Crippen LogP contribution in [0.3, 0.4) is 0 Å². The molecule has 0 aliphatic carbocycles. The first kappa shape index (κ1) is 115.